The fraction of sp³-hybridized carbons (Fsp3) is 0.333. The monoisotopic (exact) mass is 337 g/mol. The second-order valence-electron chi connectivity index (χ2n) is 4.90. The maximum Gasteiger partial charge on any atom is 0.206 e. The molecule has 0 saturated heterocycles. The van der Waals surface area contributed by atoms with Crippen molar-refractivity contribution in [2.75, 3.05) is 18.7 Å². The number of rotatable bonds is 7. The van der Waals surface area contributed by atoms with E-state index in [1.165, 1.54) is 16.3 Å². The highest BCUT2D eigenvalue weighted by atomic mass is 32.1. The van der Waals surface area contributed by atoms with Gasteiger partial charge in [-0.2, -0.15) is 5.10 Å². The van der Waals surface area contributed by atoms with E-state index in [0.717, 1.165) is 17.5 Å². The van der Waals surface area contributed by atoms with Crippen molar-refractivity contribution in [3.63, 3.8) is 0 Å². The molecule has 7 nitrogen and oxygen atoms in total. The minimum Gasteiger partial charge on any atom is -0.394 e. The summed E-state index contributed by atoms with van der Waals surface area (Å²) in [4.78, 5) is 4.45. The SMILES string of the molecule is CN(/N=C/[C@H](O)[C@H](O)[C@H](O)CO)c1nc(-c2ccccc2)cs1. The lowest BCUT2D eigenvalue weighted by molar-refractivity contribution is -0.0541. The maximum atomic E-state index is 9.68. The molecule has 0 spiro atoms. The van der Waals surface area contributed by atoms with Crippen molar-refractivity contribution < 1.29 is 20.4 Å². The number of thiazole rings is 1. The topological polar surface area (TPSA) is 109 Å². The van der Waals surface area contributed by atoms with Crippen molar-refractivity contribution in [1.82, 2.24) is 4.98 Å². The molecule has 0 aliphatic heterocycles. The van der Waals surface area contributed by atoms with Crippen LogP contribution in [0, 0.1) is 0 Å². The number of aromatic nitrogens is 1. The zero-order chi connectivity index (χ0) is 16.8. The summed E-state index contributed by atoms with van der Waals surface area (Å²) in [6.07, 6.45) is -3.24. The highest BCUT2D eigenvalue weighted by molar-refractivity contribution is 7.14. The van der Waals surface area contributed by atoms with Gasteiger partial charge in [0.2, 0.25) is 5.13 Å². The van der Waals surface area contributed by atoms with Gasteiger partial charge < -0.3 is 20.4 Å². The third kappa shape index (κ3) is 4.57. The molecule has 1 aromatic carbocycles. The van der Waals surface area contributed by atoms with Gasteiger partial charge in [0.1, 0.15) is 18.3 Å². The molecule has 0 unspecified atom stereocenters. The first-order chi connectivity index (χ1) is 11.0. The fourth-order valence-corrected chi connectivity index (χ4v) is 2.55. The normalized spacial score (nSPS) is 15.5. The summed E-state index contributed by atoms with van der Waals surface area (Å²) in [7, 11) is 1.66. The van der Waals surface area contributed by atoms with Crippen molar-refractivity contribution in [2.24, 2.45) is 5.10 Å². The van der Waals surface area contributed by atoms with Crippen LogP contribution in [-0.2, 0) is 0 Å². The second-order valence-corrected chi connectivity index (χ2v) is 5.74. The highest BCUT2D eigenvalue weighted by Crippen LogP contribution is 2.26. The van der Waals surface area contributed by atoms with Crippen molar-refractivity contribution in [1.29, 1.82) is 0 Å². The van der Waals surface area contributed by atoms with Gasteiger partial charge in [0, 0.05) is 18.0 Å². The van der Waals surface area contributed by atoms with E-state index in [1.807, 2.05) is 35.7 Å². The summed E-state index contributed by atoms with van der Waals surface area (Å²) < 4.78 is 0. The first-order valence-corrected chi connectivity index (χ1v) is 7.84. The second kappa shape index (κ2) is 8.14. The van der Waals surface area contributed by atoms with Crippen LogP contribution in [-0.4, -0.2) is 63.6 Å². The minimum atomic E-state index is -1.51. The molecular weight excluding hydrogens is 318 g/mol. The number of anilines is 1. The van der Waals surface area contributed by atoms with Gasteiger partial charge >= 0.3 is 0 Å². The van der Waals surface area contributed by atoms with E-state index in [1.54, 1.807) is 7.05 Å². The Morgan fingerprint density at radius 2 is 1.96 bits per heavy atom. The molecule has 8 heteroatoms. The summed E-state index contributed by atoms with van der Waals surface area (Å²) in [6.45, 7) is -0.644. The molecule has 1 aromatic heterocycles. The number of benzene rings is 1. The van der Waals surface area contributed by atoms with Crippen LogP contribution in [0.15, 0.2) is 40.8 Å². The van der Waals surface area contributed by atoms with Crippen molar-refractivity contribution in [2.45, 2.75) is 18.3 Å². The molecule has 0 radical (unpaired) electrons. The number of hydrazone groups is 1. The van der Waals surface area contributed by atoms with Gasteiger partial charge in [-0.1, -0.05) is 30.3 Å². The molecule has 2 rings (SSSR count). The third-order valence-corrected chi connectivity index (χ3v) is 4.07. The first kappa shape index (κ1) is 17.5. The Balaban J connectivity index is 2.02. The molecule has 4 N–H and O–H groups in total. The zero-order valence-corrected chi connectivity index (χ0v) is 13.3. The van der Waals surface area contributed by atoms with Gasteiger partial charge in [-0.15, -0.1) is 11.3 Å². The molecule has 23 heavy (non-hydrogen) atoms. The van der Waals surface area contributed by atoms with E-state index in [-0.39, 0.29) is 0 Å². The van der Waals surface area contributed by atoms with Crippen LogP contribution in [0.4, 0.5) is 5.13 Å². The van der Waals surface area contributed by atoms with E-state index >= 15 is 0 Å². The number of aliphatic hydroxyl groups is 4. The van der Waals surface area contributed by atoms with E-state index < -0.39 is 24.9 Å². The number of nitrogens with zero attached hydrogens (tertiary/aromatic N) is 3. The van der Waals surface area contributed by atoms with E-state index in [4.69, 9.17) is 5.11 Å². The Morgan fingerprint density at radius 1 is 1.26 bits per heavy atom. The van der Waals surface area contributed by atoms with Crippen LogP contribution < -0.4 is 5.01 Å². The Bertz CT molecular complexity index is 635. The molecule has 0 fully saturated rings. The third-order valence-electron chi connectivity index (χ3n) is 3.16. The quantitative estimate of drug-likeness (QED) is 0.428. The van der Waals surface area contributed by atoms with Crippen LogP contribution >= 0.6 is 11.3 Å². The summed E-state index contributed by atoms with van der Waals surface area (Å²) >= 11 is 1.39. The van der Waals surface area contributed by atoms with Crippen LogP contribution in [0.3, 0.4) is 0 Å². The lowest BCUT2D eigenvalue weighted by Gasteiger charge is -2.18. The van der Waals surface area contributed by atoms with Crippen molar-refractivity contribution in [3.8, 4) is 11.3 Å². The van der Waals surface area contributed by atoms with Crippen molar-refractivity contribution in [3.05, 3.63) is 35.7 Å². The molecule has 0 bridgehead atoms. The predicted octanol–water partition coefficient (Wildman–Crippen LogP) is 0.307. The zero-order valence-electron chi connectivity index (χ0n) is 12.5. The molecule has 124 valence electrons. The maximum absolute atomic E-state index is 9.68. The lowest BCUT2D eigenvalue weighted by Crippen LogP contribution is -2.40. The van der Waals surface area contributed by atoms with Gasteiger partial charge in [0.25, 0.3) is 0 Å². The summed E-state index contributed by atoms with van der Waals surface area (Å²) in [6, 6.07) is 9.71. The molecule has 3 atom stereocenters. The van der Waals surface area contributed by atoms with Crippen LogP contribution in [0.2, 0.25) is 0 Å². The van der Waals surface area contributed by atoms with Gasteiger partial charge in [0.05, 0.1) is 18.5 Å². The number of hydrogen-bond acceptors (Lipinski definition) is 8. The molecule has 0 aliphatic rings. The van der Waals surface area contributed by atoms with Gasteiger partial charge in [-0.05, 0) is 0 Å². The Hall–Kier alpha value is -1.84. The first-order valence-electron chi connectivity index (χ1n) is 6.96. The van der Waals surface area contributed by atoms with Crippen molar-refractivity contribution >= 4 is 22.7 Å². The molecule has 0 saturated carbocycles. The van der Waals surface area contributed by atoms with Gasteiger partial charge in [-0.25, -0.2) is 9.99 Å². The van der Waals surface area contributed by atoms with Crippen LogP contribution in [0.1, 0.15) is 0 Å². The Kier molecular flexibility index (Phi) is 6.20. The molecular formula is C15H19N3O4S. The van der Waals surface area contributed by atoms with E-state index in [0.29, 0.717) is 5.13 Å². The predicted molar refractivity (Wildman–Crippen MR) is 89.6 cm³/mol. The summed E-state index contributed by atoms with van der Waals surface area (Å²) in [5.74, 6) is 0. The summed E-state index contributed by atoms with van der Waals surface area (Å²) in [5.41, 5.74) is 1.82. The summed E-state index contributed by atoms with van der Waals surface area (Å²) in [5, 5.41) is 45.2. The smallest absolute Gasteiger partial charge is 0.206 e. The minimum absolute atomic E-state index is 0.615. The fourth-order valence-electron chi connectivity index (χ4n) is 1.80. The highest BCUT2D eigenvalue weighted by Gasteiger charge is 2.22. The van der Waals surface area contributed by atoms with E-state index in [9.17, 15) is 15.3 Å². The molecule has 0 amide bonds. The van der Waals surface area contributed by atoms with Gasteiger partial charge in [-0.3, -0.25) is 0 Å². The standard InChI is InChI=1S/C15H19N3O4S/c1-18(16-7-12(20)14(22)13(21)8-19)15-17-11(9-23-15)10-5-3-2-4-6-10/h2-7,9,12-14,19-22H,8H2,1H3/b16-7+/t12-,13+,14-/m0/s1. The average Bonchev–Trinajstić information content (AvgIpc) is 3.08. The Labute approximate surface area is 137 Å². The number of aliphatic hydroxyl groups excluding tert-OH is 4. The average molecular weight is 337 g/mol. The van der Waals surface area contributed by atoms with Gasteiger partial charge in [0.15, 0.2) is 0 Å². The molecule has 1 heterocycles. The van der Waals surface area contributed by atoms with Crippen LogP contribution in [0.5, 0.6) is 0 Å². The Morgan fingerprint density at radius 3 is 2.61 bits per heavy atom. The van der Waals surface area contributed by atoms with E-state index in [2.05, 4.69) is 10.1 Å². The lowest BCUT2D eigenvalue weighted by atomic mass is 10.1. The molecule has 2 aromatic rings. The molecule has 0 aliphatic carbocycles. The largest absolute Gasteiger partial charge is 0.394 e. The van der Waals surface area contributed by atoms with Crippen LogP contribution in [0.25, 0.3) is 11.3 Å². The number of hydrogen-bond donors (Lipinski definition) is 4.